The van der Waals surface area contributed by atoms with E-state index in [1.807, 2.05) is 11.0 Å². The summed E-state index contributed by atoms with van der Waals surface area (Å²) in [7, 11) is 0. The zero-order valence-electron chi connectivity index (χ0n) is 15.2. The standard InChI is InChI=1S/C20H17F4N3OS/c21-15-2-1-3-16-17(15)26-19(29-16)27-10-8-12(9-11-27)18(28)25-14-6-4-13(5-7-14)20(22,23)24/h1-7,12H,8-11H2,(H,25,28). The minimum atomic E-state index is -4.40. The second-order valence-electron chi connectivity index (χ2n) is 6.91. The summed E-state index contributed by atoms with van der Waals surface area (Å²) in [5.74, 6) is -0.796. The van der Waals surface area contributed by atoms with Gasteiger partial charge in [0.15, 0.2) is 5.13 Å². The van der Waals surface area contributed by atoms with Gasteiger partial charge in [-0.3, -0.25) is 4.79 Å². The van der Waals surface area contributed by atoms with Crippen LogP contribution in [0.25, 0.3) is 10.2 Å². The number of para-hydroxylation sites is 1. The van der Waals surface area contributed by atoms with E-state index in [4.69, 9.17) is 0 Å². The SMILES string of the molecule is O=C(Nc1ccc(C(F)(F)F)cc1)C1CCN(c2nc3c(F)cccc3s2)CC1. The maximum absolute atomic E-state index is 13.8. The average Bonchev–Trinajstić information content (AvgIpc) is 3.14. The molecule has 0 atom stereocenters. The first kappa shape index (κ1) is 19.6. The van der Waals surface area contributed by atoms with Crippen LogP contribution in [0.2, 0.25) is 0 Å². The smallest absolute Gasteiger partial charge is 0.348 e. The van der Waals surface area contributed by atoms with Crippen molar-refractivity contribution in [2.24, 2.45) is 5.92 Å². The lowest BCUT2D eigenvalue weighted by Crippen LogP contribution is -2.38. The van der Waals surface area contributed by atoms with Crippen molar-refractivity contribution in [1.82, 2.24) is 4.98 Å². The third-order valence-electron chi connectivity index (χ3n) is 4.97. The van der Waals surface area contributed by atoms with Gasteiger partial charge in [0.05, 0.1) is 10.3 Å². The van der Waals surface area contributed by atoms with Crippen LogP contribution in [0.5, 0.6) is 0 Å². The van der Waals surface area contributed by atoms with Gasteiger partial charge < -0.3 is 10.2 Å². The van der Waals surface area contributed by atoms with Gasteiger partial charge in [0.25, 0.3) is 0 Å². The molecule has 152 valence electrons. The van der Waals surface area contributed by atoms with Gasteiger partial charge in [-0.1, -0.05) is 17.4 Å². The number of thiazole rings is 1. The molecule has 3 aromatic rings. The highest BCUT2D eigenvalue weighted by molar-refractivity contribution is 7.22. The Labute approximate surface area is 168 Å². The predicted molar refractivity (Wildman–Crippen MR) is 105 cm³/mol. The molecule has 0 unspecified atom stereocenters. The quantitative estimate of drug-likeness (QED) is 0.581. The van der Waals surface area contributed by atoms with Gasteiger partial charge in [0.2, 0.25) is 5.91 Å². The molecular weight excluding hydrogens is 406 g/mol. The zero-order chi connectivity index (χ0) is 20.6. The summed E-state index contributed by atoms with van der Waals surface area (Å²) in [5.41, 5.74) is -0.0576. The maximum Gasteiger partial charge on any atom is 0.416 e. The first-order valence-electron chi connectivity index (χ1n) is 9.09. The van der Waals surface area contributed by atoms with Crippen LogP contribution in [-0.4, -0.2) is 24.0 Å². The van der Waals surface area contributed by atoms with E-state index < -0.39 is 11.7 Å². The van der Waals surface area contributed by atoms with Gasteiger partial charge in [-0.2, -0.15) is 13.2 Å². The summed E-state index contributed by atoms with van der Waals surface area (Å²) in [6.07, 6.45) is -3.23. The molecule has 1 amide bonds. The number of rotatable bonds is 3. The highest BCUT2D eigenvalue weighted by Crippen LogP contribution is 2.33. The Morgan fingerprint density at radius 2 is 1.79 bits per heavy atom. The van der Waals surface area contributed by atoms with E-state index in [0.29, 0.717) is 37.1 Å². The molecule has 2 heterocycles. The Hall–Kier alpha value is -2.68. The molecular formula is C20H17F4N3OS. The molecule has 1 N–H and O–H groups in total. The molecule has 1 aliphatic heterocycles. The van der Waals surface area contributed by atoms with Crippen LogP contribution < -0.4 is 10.2 Å². The van der Waals surface area contributed by atoms with Crippen molar-refractivity contribution < 1.29 is 22.4 Å². The third kappa shape index (κ3) is 4.19. The number of aromatic nitrogens is 1. The fourth-order valence-corrected chi connectivity index (χ4v) is 4.39. The first-order chi connectivity index (χ1) is 13.8. The molecule has 1 aromatic heterocycles. The summed E-state index contributed by atoms with van der Waals surface area (Å²) in [5, 5.41) is 3.41. The number of halogens is 4. The van der Waals surface area contributed by atoms with Crippen molar-refractivity contribution in [3.8, 4) is 0 Å². The minimum Gasteiger partial charge on any atom is -0.348 e. The first-order valence-corrected chi connectivity index (χ1v) is 9.91. The van der Waals surface area contributed by atoms with Gasteiger partial charge >= 0.3 is 6.18 Å². The molecule has 1 aliphatic rings. The Morgan fingerprint density at radius 3 is 2.41 bits per heavy atom. The van der Waals surface area contributed by atoms with Crippen molar-refractivity contribution in [3.63, 3.8) is 0 Å². The van der Waals surface area contributed by atoms with Crippen LogP contribution in [0.15, 0.2) is 42.5 Å². The summed E-state index contributed by atoms with van der Waals surface area (Å²) in [6, 6.07) is 9.26. The fraction of sp³-hybridized carbons (Fsp3) is 0.300. The van der Waals surface area contributed by atoms with Crippen molar-refractivity contribution in [2.75, 3.05) is 23.3 Å². The summed E-state index contributed by atoms with van der Waals surface area (Å²) in [4.78, 5) is 18.9. The number of nitrogens with zero attached hydrogens (tertiary/aromatic N) is 2. The molecule has 29 heavy (non-hydrogen) atoms. The number of nitrogens with one attached hydrogen (secondary N) is 1. The molecule has 0 bridgehead atoms. The second-order valence-corrected chi connectivity index (χ2v) is 7.92. The number of amides is 1. The highest BCUT2D eigenvalue weighted by atomic mass is 32.1. The van der Waals surface area contributed by atoms with E-state index in [1.165, 1.54) is 29.5 Å². The van der Waals surface area contributed by atoms with Crippen molar-refractivity contribution in [3.05, 3.63) is 53.8 Å². The summed E-state index contributed by atoms with van der Waals surface area (Å²) in [6.45, 7) is 1.21. The molecule has 2 aromatic carbocycles. The van der Waals surface area contributed by atoms with Crippen LogP contribution >= 0.6 is 11.3 Å². The normalized spacial score (nSPS) is 15.7. The highest BCUT2D eigenvalue weighted by Gasteiger charge is 2.30. The molecule has 9 heteroatoms. The molecule has 4 nitrogen and oxygen atoms in total. The number of carbonyl (C=O) groups excluding carboxylic acids is 1. The van der Waals surface area contributed by atoms with E-state index >= 15 is 0 Å². The van der Waals surface area contributed by atoms with E-state index in [2.05, 4.69) is 10.3 Å². The van der Waals surface area contributed by atoms with Gasteiger partial charge in [-0.15, -0.1) is 0 Å². The number of benzene rings is 2. The third-order valence-corrected chi connectivity index (χ3v) is 6.06. The number of carbonyl (C=O) groups is 1. The molecule has 1 fully saturated rings. The van der Waals surface area contributed by atoms with Gasteiger partial charge in [0.1, 0.15) is 11.3 Å². The number of fused-ring (bicyclic) bond motifs is 1. The number of hydrogen-bond donors (Lipinski definition) is 1. The van der Waals surface area contributed by atoms with Crippen molar-refractivity contribution >= 4 is 38.3 Å². The van der Waals surface area contributed by atoms with E-state index in [1.54, 1.807) is 6.07 Å². The Bertz CT molecular complexity index is 1020. The number of piperidine rings is 1. The fourth-order valence-electron chi connectivity index (χ4n) is 3.36. The lowest BCUT2D eigenvalue weighted by atomic mass is 9.96. The zero-order valence-corrected chi connectivity index (χ0v) is 16.0. The van der Waals surface area contributed by atoms with Crippen LogP contribution in [-0.2, 0) is 11.0 Å². The molecule has 1 saturated heterocycles. The monoisotopic (exact) mass is 423 g/mol. The molecule has 0 spiro atoms. The molecule has 0 radical (unpaired) electrons. The average molecular weight is 423 g/mol. The second kappa shape index (κ2) is 7.62. The van der Waals surface area contributed by atoms with Crippen LogP contribution in [0.3, 0.4) is 0 Å². The Balaban J connectivity index is 1.36. The number of hydrogen-bond acceptors (Lipinski definition) is 4. The van der Waals surface area contributed by atoms with E-state index in [0.717, 1.165) is 22.0 Å². The number of anilines is 2. The molecule has 0 saturated carbocycles. The lowest BCUT2D eigenvalue weighted by molar-refractivity contribution is -0.137. The topological polar surface area (TPSA) is 45.2 Å². The van der Waals surface area contributed by atoms with Crippen LogP contribution in [0.4, 0.5) is 28.4 Å². The van der Waals surface area contributed by atoms with Crippen LogP contribution in [0, 0.1) is 11.7 Å². The molecule has 4 rings (SSSR count). The van der Waals surface area contributed by atoms with Gasteiger partial charge in [-0.25, -0.2) is 9.37 Å². The van der Waals surface area contributed by atoms with E-state index in [9.17, 15) is 22.4 Å². The molecule has 0 aliphatic carbocycles. The van der Waals surface area contributed by atoms with Gasteiger partial charge in [-0.05, 0) is 49.2 Å². The van der Waals surface area contributed by atoms with Crippen molar-refractivity contribution in [1.29, 1.82) is 0 Å². The largest absolute Gasteiger partial charge is 0.416 e. The maximum atomic E-state index is 13.8. The Morgan fingerprint density at radius 1 is 1.10 bits per heavy atom. The lowest BCUT2D eigenvalue weighted by Gasteiger charge is -2.31. The van der Waals surface area contributed by atoms with Crippen LogP contribution in [0.1, 0.15) is 18.4 Å². The minimum absolute atomic E-state index is 0.209. The number of alkyl halides is 3. The summed E-state index contributed by atoms with van der Waals surface area (Å²) < 4.78 is 52.5. The van der Waals surface area contributed by atoms with Crippen molar-refractivity contribution in [2.45, 2.75) is 19.0 Å². The van der Waals surface area contributed by atoms with E-state index in [-0.39, 0.29) is 17.6 Å². The van der Waals surface area contributed by atoms with Gasteiger partial charge in [0, 0.05) is 24.7 Å². The predicted octanol–water partition coefficient (Wildman–Crippen LogP) is 5.31. The summed E-state index contributed by atoms with van der Waals surface area (Å²) >= 11 is 1.42. The Kier molecular flexibility index (Phi) is 5.16.